The number of hydrogen-bond acceptors (Lipinski definition) is 2. The van der Waals surface area contributed by atoms with Crippen LogP contribution in [0.3, 0.4) is 0 Å². The maximum atomic E-state index is 6.87. The second-order valence-electron chi connectivity index (χ2n) is 24.8. The lowest BCUT2D eigenvalue weighted by Gasteiger charge is -2.40. The average molecular weight is 1020 g/mol. The van der Waals surface area contributed by atoms with Gasteiger partial charge in [0.1, 0.15) is 17.3 Å². The lowest BCUT2D eigenvalue weighted by molar-refractivity contribution is -0.571. The SMILES string of the molecule is CC(C)(C)c1ccnc(-n2c3ccccc3c3ccc(Oc4cccc(-n5[c-][n+](-c6c(-c7ccc8c(c7)[Si](C)(C)CC[Si]8(C)C)cccc6-c6ccc7c(c6)[Si](C)(C)CC[Si]7(C)C)c6ccccc65)c4)cc32)c1. The highest BCUT2D eigenvalue weighted by molar-refractivity contribution is 7.04. The van der Waals surface area contributed by atoms with Crippen molar-refractivity contribution in [3.8, 4) is 50.9 Å². The summed E-state index contributed by atoms with van der Waals surface area (Å²) in [5.74, 6) is 2.42. The normalized spacial score (nSPS) is 16.6. The Morgan fingerprint density at radius 3 is 1.71 bits per heavy atom. The van der Waals surface area contributed by atoms with Crippen molar-refractivity contribution in [3.05, 3.63) is 176 Å². The molecule has 366 valence electrons. The topological polar surface area (TPSA) is 35.9 Å². The first-order chi connectivity index (χ1) is 34.8. The van der Waals surface area contributed by atoms with Gasteiger partial charge in [0.15, 0.2) is 0 Å². The van der Waals surface area contributed by atoms with Crippen LogP contribution in [0.4, 0.5) is 0 Å². The number of aromatic nitrogens is 4. The zero-order valence-corrected chi connectivity index (χ0v) is 48.6. The summed E-state index contributed by atoms with van der Waals surface area (Å²) in [6, 6.07) is 64.4. The Kier molecular flexibility index (Phi) is 11.2. The highest BCUT2D eigenvalue weighted by atomic mass is 28.3. The number of pyridine rings is 1. The Balaban J connectivity index is 1.01. The number of nitrogens with zero attached hydrogens (tertiary/aromatic N) is 4. The third-order valence-electron chi connectivity index (χ3n) is 16.9. The predicted molar refractivity (Wildman–Crippen MR) is 320 cm³/mol. The number of rotatable bonds is 7. The molecule has 2 aliphatic heterocycles. The predicted octanol–water partition coefficient (Wildman–Crippen LogP) is 14.3. The minimum Gasteiger partial charge on any atom is -0.458 e. The van der Waals surface area contributed by atoms with Gasteiger partial charge in [0.25, 0.3) is 6.33 Å². The lowest BCUT2D eigenvalue weighted by Crippen LogP contribution is -2.63. The van der Waals surface area contributed by atoms with Crippen molar-refractivity contribution in [2.45, 2.75) is 103 Å². The van der Waals surface area contributed by atoms with Gasteiger partial charge in [0.2, 0.25) is 0 Å². The van der Waals surface area contributed by atoms with E-state index in [0.29, 0.717) is 0 Å². The Labute approximate surface area is 436 Å². The number of ether oxygens (including phenoxy) is 1. The van der Waals surface area contributed by atoms with E-state index in [2.05, 4.69) is 251 Å². The molecule has 0 radical (unpaired) electrons. The zero-order chi connectivity index (χ0) is 50.8. The van der Waals surface area contributed by atoms with Crippen molar-refractivity contribution in [2.75, 3.05) is 0 Å². The third-order valence-corrected chi connectivity index (χ3v) is 32.0. The van der Waals surface area contributed by atoms with Crippen LogP contribution in [0.25, 0.3) is 72.3 Å². The van der Waals surface area contributed by atoms with E-state index in [-0.39, 0.29) is 5.41 Å². The van der Waals surface area contributed by atoms with Gasteiger partial charge in [-0.2, -0.15) is 0 Å². The fourth-order valence-corrected chi connectivity index (χ4v) is 32.8. The van der Waals surface area contributed by atoms with Gasteiger partial charge in [-0.25, -0.2) is 4.98 Å². The summed E-state index contributed by atoms with van der Waals surface area (Å²) in [7, 11) is -6.36. The van der Waals surface area contributed by atoms with Gasteiger partial charge in [-0.05, 0) is 81.8 Å². The Morgan fingerprint density at radius 1 is 0.507 bits per heavy atom. The van der Waals surface area contributed by atoms with E-state index in [1.807, 2.05) is 6.20 Å². The molecule has 5 nitrogen and oxygen atoms in total. The van der Waals surface area contributed by atoms with Crippen LogP contribution in [0.5, 0.6) is 11.5 Å². The summed E-state index contributed by atoms with van der Waals surface area (Å²) in [5, 5.41) is 9.03. The fourth-order valence-electron chi connectivity index (χ4n) is 12.3. The second-order valence-corrected chi connectivity index (χ2v) is 44.0. The molecule has 5 heterocycles. The van der Waals surface area contributed by atoms with Crippen LogP contribution < -0.4 is 30.1 Å². The molecule has 0 bridgehead atoms. The van der Waals surface area contributed by atoms with Gasteiger partial charge in [0, 0.05) is 23.0 Å². The van der Waals surface area contributed by atoms with Crippen LogP contribution in [0.15, 0.2) is 164 Å². The first-order valence-corrected chi connectivity index (χ1v) is 39.3. The minimum absolute atomic E-state index is 0.0129. The molecule has 10 aromatic rings. The summed E-state index contributed by atoms with van der Waals surface area (Å²) in [4.78, 5) is 4.92. The van der Waals surface area contributed by atoms with Crippen molar-refractivity contribution < 1.29 is 9.30 Å². The maximum Gasteiger partial charge on any atom is 0.269 e. The van der Waals surface area contributed by atoms with Crippen LogP contribution >= 0.6 is 0 Å². The van der Waals surface area contributed by atoms with Crippen LogP contribution in [-0.2, 0) is 5.41 Å². The molecule has 3 aromatic heterocycles. The summed E-state index contributed by atoms with van der Waals surface area (Å²) in [6.45, 7) is 27.4. The van der Waals surface area contributed by atoms with Crippen LogP contribution in [0, 0.1) is 6.33 Å². The van der Waals surface area contributed by atoms with Crippen molar-refractivity contribution in [1.29, 1.82) is 0 Å². The lowest BCUT2D eigenvalue weighted by atomic mass is 9.88. The van der Waals surface area contributed by atoms with Gasteiger partial charge in [-0.3, -0.25) is 13.7 Å². The molecule has 0 spiro atoms. The molecular weight excluding hydrogens is 953 g/mol. The number of imidazole rings is 1. The van der Waals surface area contributed by atoms with Gasteiger partial charge >= 0.3 is 0 Å². The number of hydrogen-bond donors (Lipinski definition) is 0. The summed E-state index contributed by atoms with van der Waals surface area (Å²) >= 11 is 0. The Hall–Kier alpha value is -6.37. The van der Waals surface area contributed by atoms with Crippen molar-refractivity contribution in [2.24, 2.45) is 0 Å². The summed E-state index contributed by atoms with van der Waals surface area (Å²) in [6.07, 6.45) is 5.93. The monoisotopic (exact) mass is 1020 g/mol. The molecular formula is C64H68N4OSi4. The van der Waals surface area contributed by atoms with E-state index >= 15 is 0 Å². The average Bonchev–Trinajstić information content (AvgIpc) is 3.92. The van der Waals surface area contributed by atoms with Gasteiger partial charge in [-0.1, -0.05) is 221 Å². The van der Waals surface area contributed by atoms with E-state index in [9.17, 15) is 0 Å². The third kappa shape index (κ3) is 8.14. The van der Waals surface area contributed by atoms with E-state index in [4.69, 9.17) is 9.72 Å². The molecule has 0 saturated carbocycles. The standard InChI is InChI=1S/C64H68N4OSi4/c1-64(2,3)46-32-33-65-62(40-46)68-54-23-13-12-20-52(54)53-29-28-49(42-57(53)68)69-48-19-16-18-47(41-48)66-43-67(56-25-15-14-24-55(56)66)63-50(44-26-30-58-60(38-44)72(8,9)36-34-70(58,4)5)21-17-22-51(63)45-27-31-59-61(39-45)73(10,11)37-35-71(59,6)7/h12-33,38-42H,34-37H2,1-11H3. The Bertz CT molecular complexity index is 3750. The van der Waals surface area contributed by atoms with Gasteiger partial charge < -0.3 is 4.74 Å². The second kappa shape index (κ2) is 17.1. The molecule has 9 heteroatoms. The minimum atomic E-state index is -1.64. The Morgan fingerprint density at radius 2 is 1.07 bits per heavy atom. The first-order valence-electron chi connectivity index (χ1n) is 26.5. The molecule has 7 aromatic carbocycles. The molecule has 0 saturated heterocycles. The van der Waals surface area contributed by atoms with E-state index in [0.717, 1.165) is 50.5 Å². The molecule has 73 heavy (non-hydrogen) atoms. The van der Waals surface area contributed by atoms with Gasteiger partial charge in [-0.15, -0.1) is 0 Å². The molecule has 0 atom stereocenters. The molecule has 12 rings (SSSR count). The quantitative estimate of drug-likeness (QED) is 0.0906. The van der Waals surface area contributed by atoms with Crippen molar-refractivity contribution in [1.82, 2.24) is 14.1 Å². The fraction of sp³-hybridized carbons (Fsp3) is 0.250. The smallest absolute Gasteiger partial charge is 0.269 e. The van der Waals surface area contributed by atoms with Crippen molar-refractivity contribution >= 4 is 85.9 Å². The molecule has 0 aliphatic carbocycles. The van der Waals surface area contributed by atoms with Crippen LogP contribution in [0.2, 0.25) is 76.6 Å². The number of benzene rings is 7. The number of fused-ring (bicyclic) bond motifs is 6. The van der Waals surface area contributed by atoms with Crippen molar-refractivity contribution in [3.63, 3.8) is 0 Å². The molecule has 2 aliphatic rings. The first kappa shape index (κ1) is 47.6. The van der Waals surface area contributed by atoms with E-state index < -0.39 is 32.3 Å². The molecule has 0 amide bonds. The van der Waals surface area contributed by atoms with Crippen LogP contribution in [0.1, 0.15) is 26.3 Å². The van der Waals surface area contributed by atoms with Gasteiger partial charge in [0.05, 0.1) is 65.7 Å². The van der Waals surface area contributed by atoms with Crippen LogP contribution in [-0.4, -0.2) is 46.4 Å². The summed E-state index contributed by atoms with van der Waals surface area (Å²) in [5.41, 5.74) is 12.8. The largest absolute Gasteiger partial charge is 0.458 e. The highest BCUT2D eigenvalue weighted by Gasteiger charge is 2.41. The molecule has 0 N–H and O–H groups in total. The summed E-state index contributed by atoms with van der Waals surface area (Å²) < 4.78 is 13.7. The van der Waals surface area contributed by atoms with E-state index in [1.165, 1.54) is 63.1 Å². The molecule has 0 unspecified atom stereocenters. The maximum absolute atomic E-state index is 6.87. The van der Waals surface area contributed by atoms with E-state index in [1.54, 1.807) is 20.7 Å². The molecule has 0 fully saturated rings. The number of para-hydroxylation sites is 4. The zero-order valence-electron chi connectivity index (χ0n) is 44.6. The highest BCUT2D eigenvalue weighted by Crippen LogP contribution is 2.39.